The number of amides is 1. The van der Waals surface area contributed by atoms with Crippen molar-refractivity contribution in [1.82, 2.24) is 13.7 Å². The van der Waals surface area contributed by atoms with Gasteiger partial charge in [-0.3, -0.25) is 18.7 Å². The fraction of sp³-hybridized carbons (Fsp3) is 0.188. The molecule has 0 saturated heterocycles. The highest BCUT2D eigenvalue weighted by atomic mass is 35.5. The summed E-state index contributed by atoms with van der Waals surface area (Å²) in [5.74, 6) is -0.549. The van der Waals surface area contributed by atoms with Gasteiger partial charge < -0.3 is 10.3 Å². The van der Waals surface area contributed by atoms with Crippen LogP contribution in [-0.4, -0.2) is 19.6 Å². The summed E-state index contributed by atoms with van der Waals surface area (Å²) in [4.78, 5) is 36.2. The number of hydrogen-bond acceptors (Lipinski definition) is 3. The first kappa shape index (κ1) is 16.1. The average Bonchev–Trinajstić information content (AvgIpc) is 2.90. The van der Waals surface area contributed by atoms with E-state index >= 15 is 0 Å². The van der Waals surface area contributed by atoms with Crippen LogP contribution in [0.1, 0.15) is 0 Å². The van der Waals surface area contributed by atoms with Crippen LogP contribution in [0.25, 0.3) is 22.2 Å². The second-order valence-corrected chi connectivity index (χ2v) is 5.98. The fourth-order valence-corrected chi connectivity index (χ4v) is 2.93. The molecule has 0 aliphatic rings. The standard InChI is InChI=1S/C16H15ClN4O3/c1-19-11-7-21(8-12(18)22)14(9-3-5-10(17)6-4-9)13(11)15(23)20(2)16(19)24/h3-7H,8H2,1-2H3,(H2,18,22). The Morgan fingerprint density at radius 1 is 1.12 bits per heavy atom. The number of aromatic nitrogens is 3. The van der Waals surface area contributed by atoms with Crippen LogP contribution in [0.4, 0.5) is 0 Å². The molecule has 0 fully saturated rings. The molecule has 0 aliphatic carbocycles. The zero-order valence-electron chi connectivity index (χ0n) is 13.1. The van der Waals surface area contributed by atoms with E-state index in [1.807, 2.05) is 0 Å². The van der Waals surface area contributed by atoms with Crippen LogP contribution in [0.3, 0.4) is 0 Å². The van der Waals surface area contributed by atoms with Crippen molar-refractivity contribution < 1.29 is 4.79 Å². The molecule has 0 bridgehead atoms. The molecule has 1 aromatic carbocycles. The highest BCUT2D eigenvalue weighted by molar-refractivity contribution is 6.30. The van der Waals surface area contributed by atoms with Gasteiger partial charge in [-0.25, -0.2) is 4.79 Å². The maximum atomic E-state index is 12.7. The van der Waals surface area contributed by atoms with Gasteiger partial charge in [0.1, 0.15) is 6.54 Å². The third-order valence-corrected chi connectivity index (χ3v) is 4.21. The van der Waals surface area contributed by atoms with Crippen LogP contribution in [0.5, 0.6) is 0 Å². The van der Waals surface area contributed by atoms with E-state index in [0.717, 1.165) is 4.57 Å². The Labute approximate surface area is 141 Å². The zero-order valence-corrected chi connectivity index (χ0v) is 13.9. The molecule has 24 heavy (non-hydrogen) atoms. The van der Waals surface area contributed by atoms with Crippen LogP contribution in [0.2, 0.25) is 5.02 Å². The average molecular weight is 347 g/mol. The van der Waals surface area contributed by atoms with Crippen molar-refractivity contribution in [2.24, 2.45) is 19.8 Å². The SMILES string of the molecule is Cn1c(=O)c2c(-c3ccc(Cl)cc3)n(CC(N)=O)cc2n(C)c1=O. The van der Waals surface area contributed by atoms with Gasteiger partial charge in [-0.2, -0.15) is 0 Å². The minimum Gasteiger partial charge on any atom is -0.368 e. The first-order chi connectivity index (χ1) is 11.3. The van der Waals surface area contributed by atoms with Crippen molar-refractivity contribution in [3.05, 3.63) is 56.3 Å². The molecule has 2 heterocycles. The van der Waals surface area contributed by atoms with Crippen molar-refractivity contribution in [3.8, 4) is 11.3 Å². The number of aryl methyl sites for hydroxylation is 1. The van der Waals surface area contributed by atoms with E-state index in [9.17, 15) is 14.4 Å². The lowest BCUT2D eigenvalue weighted by atomic mass is 10.1. The third kappa shape index (κ3) is 2.43. The van der Waals surface area contributed by atoms with Gasteiger partial charge in [0.05, 0.1) is 16.6 Å². The zero-order chi connectivity index (χ0) is 17.6. The molecule has 0 unspecified atom stereocenters. The lowest BCUT2D eigenvalue weighted by molar-refractivity contribution is -0.118. The number of halogens is 1. The second kappa shape index (κ2) is 5.68. The Balaban J connectivity index is 2.48. The molecule has 0 saturated carbocycles. The Hall–Kier alpha value is -2.80. The monoisotopic (exact) mass is 346 g/mol. The van der Waals surface area contributed by atoms with Gasteiger partial charge in [0.25, 0.3) is 5.56 Å². The van der Waals surface area contributed by atoms with Gasteiger partial charge >= 0.3 is 5.69 Å². The summed E-state index contributed by atoms with van der Waals surface area (Å²) in [7, 11) is 2.99. The smallest absolute Gasteiger partial charge is 0.330 e. The molecule has 0 aliphatic heterocycles. The first-order valence-electron chi connectivity index (χ1n) is 7.14. The molecule has 3 aromatic rings. The highest BCUT2D eigenvalue weighted by Gasteiger charge is 2.19. The quantitative estimate of drug-likeness (QED) is 0.761. The largest absolute Gasteiger partial charge is 0.368 e. The summed E-state index contributed by atoms with van der Waals surface area (Å²) in [5, 5.41) is 0.902. The van der Waals surface area contributed by atoms with Gasteiger partial charge in [-0.15, -0.1) is 0 Å². The molecule has 124 valence electrons. The van der Waals surface area contributed by atoms with E-state index in [4.69, 9.17) is 17.3 Å². The molecule has 2 aromatic heterocycles. The summed E-state index contributed by atoms with van der Waals surface area (Å²) >= 11 is 5.93. The number of benzene rings is 1. The van der Waals surface area contributed by atoms with E-state index in [2.05, 4.69) is 0 Å². The maximum Gasteiger partial charge on any atom is 0.330 e. The first-order valence-corrected chi connectivity index (χ1v) is 7.52. The Bertz CT molecular complexity index is 1070. The van der Waals surface area contributed by atoms with Crippen molar-refractivity contribution in [1.29, 1.82) is 0 Å². The van der Waals surface area contributed by atoms with Crippen LogP contribution < -0.4 is 17.0 Å². The van der Waals surface area contributed by atoms with E-state index in [-0.39, 0.29) is 6.54 Å². The number of carbonyl (C=O) groups is 1. The molecule has 7 nitrogen and oxygen atoms in total. The fourth-order valence-electron chi connectivity index (χ4n) is 2.80. The summed E-state index contributed by atoms with van der Waals surface area (Å²) in [6, 6.07) is 6.88. The van der Waals surface area contributed by atoms with Crippen LogP contribution in [0.15, 0.2) is 40.1 Å². The molecule has 2 N–H and O–H groups in total. The van der Waals surface area contributed by atoms with E-state index in [1.165, 1.54) is 11.6 Å². The van der Waals surface area contributed by atoms with Gasteiger partial charge in [-0.05, 0) is 17.7 Å². The molecule has 1 amide bonds. The summed E-state index contributed by atoms with van der Waals surface area (Å²) < 4.78 is 3.99. The number of carbonyl (C=O) groups excluding carboxylic acids is 1. The van der Waals surface area contributed by atoms with Gasteiger partial charge in [0.15, 0.2) is 0 Å². The Morgan fingerprint density at radius 2 is 1.75 bits per heavy atom. The van der Waals surface area contributed by atoms with Crippen molar-refractivity contribution >= 4 is 28.4 Å². The molecular weight excluding hydrogens is 332 g/mol. The van der Waals surface area contributed by atoms with E-state index in [0.29, 0.717) is 27.2 Å². The molecular formula is C16H15ClN4O3. The number of fused-ring (bicyclic) bond motifs is 1. The molecule has 8 heteroatoms. The summed E-state index contributed by atoms with van der Waals surface area (Å²) in [6.45, 7) is -0.107. The predicted octanol–water partition coefficient (Wildman–Crippen LogP) is 0.844. The summed E-state index contributed by atoms with van der Waals surface area (Å²) in [6.07, 6.45) is 1.59. The van der Waals surface area contributed by atoms with Crippen LogP contribution in [-0.2, 0) is 25.4 Å². The van der Waals surface area contributed by atoms with Crippen LogP contribution >= 0.6 is 11.6 Å². The van der Waals surface area contributed by atoms with Gasteiger partial charge in [0, 0.05) is 25.3 Å². The number of rotatable bonds is 3. The molecule has 3 rings (SSSR count). The molecule has 0 spiro atoms. The van der Waals surface area contributed by atoms with Crippen molar-refractivity contribution in [2.75, 3.05) is 0 Å². The topological polar surface area (TPSA) is 92.0 Å². The lowest BCUT2D eigenvalue weighted by Gasteiger charge is -2.08. The molecule has 0 atom stereocenters. The highest BCUT2D eigenvalue weighted by Crippen LogP contribution is 2.28. The summed E-state index contributed by atoms with van der Waals surface area (Å²) in [5.41, 5.74) is 6.12. The van der Waals surface area contributed by atoms with E-state index < -0.39 is 17.2 Å². The lowest BCUT2D eigenvalue weighted by Crippen LogP contribution is -2.36. The van der Waals surface area contributed by atoms with E-state index in [1.54, 1.807) is 42.1 Å². The number of hydrogen-bond donors (Lipinski definition) is 1. The third-order valence-electron chi connectivity index (χ3n) is 3.96. The normalized spacial score (nSPS) is 11.1. The minimum atomic E-state index is -0.549. The Morgan fingerprint density at radius 3 is 2.33 bits per heavy atom. The number of nitrogens with two attached hydrogens (primary N) is 1. The molecule has 0 radical (unpaired) electrons. The Kier molecular flexibility index (Phi) is 3.81. The van der Waals surface area contributed by atoms with Gasteiger partial charge in [-0.1, -0.05) is 23.7 Å². The minimum absolute atomic E-state index is 0.107. The number of nitrogens with zero attached hydrogens (tertiary/aromatic N) is 3. The number of primary amides is 1. The van der Waals surface area contributed by atoms with Crippen molar-refractivity contribution in [2.45, 2.75) is 6.54 Å². The van der Waals surface area contributed by atoms with Gasteiger partial charge in [0.2, 0.25) is 5.91 Å². The predicted molar refractivity (Wildman–Crippen MR) is 92.1 cm³/mol. The van der Waals surface area contributed by atoms with Crippen molar-refractivity contribution in [3.63, 3.8) is 0 Å². The maximum absolute atomic E-state index is 12.7. The second-order valence-electron chi connectivity index (χ2n) is 5.54. The van der Waals surface area contributed by atoms with Crippen LogP contribution in [0, 0.1) is 0 Å².